The maximum atomic E-state index is 13.1. The van der Waals surface area contributed by atoms with Gasteiger partial charge in [0.2, 0.25) is 5.13 Å². The van der Waals surface area contributed by atoms with Gasteiger partial charge in [-0.3, -0.25) is 9.36 Å². The molecule has 0 unspecified atom stereocenters. The predicted octanol–water partition coefficient (Wildman–Crippen LogP) is 4.81. The Bertz CT molecular complexity index is 1330. The van der Waals surface area contributed by atoms with Gasteiger partial charge in [0.15, 0.2) is 0 Å². The first-order chi connectivity index (χ1) is 15.6. The normalized spacial score (nSPS) is 11.4. The van der Waals surface area contributed by atoms with Crippen LogP contribution in [0.25, 0.3) is 11.1 Å². The first kappa shape index (κ1) is 23.2. The topological polar surface area (TPSA) is 126 Å². The number of amides is 1. The number of halogens is 1. The Balaban J connectivity index is 1.74. The maximum absolute atomic E-state index is 13.1. The summed E-state index contributed by atoms with van der Waals surface area (Å²) in [5.41, 5.74) is 2.21. The molecule has 0 aliphatic heterocycles. The van der Waals surface area contributed by atoms with Crippen molar-refractivity contribution in [3.8, 4) is 22.6 Å². The van der Waals surface area contributed by atoms with Gasteiger partial charge in [0.05, 0.1) is 11.0 Å². The van der Waals surface area contributed by atoms with Crippen LogP contribution in [0, 0.1) is 13.8 Å². The fraction of sp³-hybridized carbons (Fsp3) is 0.0952. The van der Waals surface area contributed by atoms with Crippen molar-refractivity contribution in [3.63, 3.8) is 0 Å². The van der Waals surface area contributed by atoms with E-state index >= 15 is 0 Å². The lowest BCUT2D eigenvalue weighted by Crippen LogP contribution is -2.20. The van der Waals surface area contributed by atoms with Crippen LogP contribution in [0.15, 0.2) is 58.6 Å². The smallest absolute Gasteiger partial charge is 0.356 e. The van der Waals surface area contributed by atoms with Crippen molar-refractivity contribution in [3.05, 3.63) is 71.1 Å². The Morgan fingerprint density at radius 3 is 2.45 bits per heavy atom. The molecule has 0 atom stereocenters. The largest absolute Gasteiger partial charge is 0.457 e. The van der Waals surface area contributed by atoms with Gasteiger partial charge in [-0.25, -0.2) is 4.98 Å². The number of rotatable bonds is 6. The lowest BCUT2D eigenvalue weighted by Gasteiger charge is -2.14. The highest BCUT2D eigenvalue weighted by Gasteiger charge is 2.22. The summed E-state index contributed by atoms with van der Waals surface area (Å²) in [4.78, 5) is 35.7. The molecule has 9 nitrogen and oxygen atoms in total. The second-order valence-corrected chi connectivity index (χ2v) is 9.80. The fourth-order valence-corrected chi connectivity index (χ4v) is 4.52. The van der Waals surface area contributed by atoms with E-state index in [0.29, 0.717) is 39.2 Å². The lowest BCUT2D eigenvalue weighted by atomic mass is 10.0. The molecule has 0 fully saturated rings. The van der Waals surface area contributed by atoms with Gasteiger partial charge in [-0.15, -0.1) is 11.3 Å². The van der Waals surface area contributed by atoms with Gasteiger partial charge in [0, 0.05) is 34.5 Å². The zero-order chi connectivity index (χ0) is 23.8. The molecule has 4 aromatic rings. The van der Waals surface area contributed by atoms with Crippen LogP contribution in [0.1, 0.15) is 21.8 Å². The summed E-state index contributed by atoms with van der Waals surface area (Å²) in [6.45, 7) is 3.54. The molecule has 2 N–H and O–H groups in total. The van der Waals surface area contributed by atoms with Crippen LogP contribution >= 0.6 is 30.7 Å². The van der Waals surface area contributed by atoms with E-state index in [2.05, 4.69) is 10.1 Å². The van der Waals surface area contributed by atoms with Gasteiger partial charge >= 0.3 is 7.60 Å². The Hall–Kier alpha value is -3.01. The molecular formula is C21H17ClN3O6PS. The standard InChI is InChI=1S/C21H17ClN3O6PS/c1-12-19(13(2)31-24-12)14-9-15(20(26)25(22)21-23-7-8-33-21)11-17(10-14)30-16-3-5-18(6-4-16)32(27,28)29/h3-11H,1-2H3,(H2,27,28,29). The van der Waals surface area contributed by atoms with Crippen molar-refractivity contribution < 1.29 is 28.4 Å². The minimum absolute atomic E-state index is 0.128. The number of hydrogen-bond donors (Lipinski definition) is 2. The molecular weight excluding hydrogens is 489 g/mol. The minimum atomic E-state index is -4.37. The van der Waals surface area contributed by atoms with Crippen molar-refractivity contribution in [1.82, 2.24) is 10.1 Å². The van der Waals surface area contributed by atoms with Gasteiger partial charge in [0.1, 0.15) is 17.3 Å². The molecule has 0 bridgehead atoms. The summed E-state index contributed by atoms with van der Waals surface area (Å²) < 4.78 is 23.5. The third-order valence-corrected chi connectivity index (χ3v) is 6.79. The zero-order valence-electron chi connectivity index (χ0n) is 17.3. The van der Waals surface area contributed by atoms with E-state index < -0.39 is 13.5 Å². The predicted molar refractivity (Wildman–Crippen MR) is 124 cm³/mol. The van der Waals surface area contributed by atoms with E-state index in [1.165, 1.54) is 41.7 Å². The first-order valence-corrected chi connectivity index (χ1v) is 12.3. The lowest BCUT2D eigenvalue weighted by molar-refractivity contribution is 0.100. The van der Waals surface area contributed by atoms with Crippen LogP contribution in [0.3, 0.4) is 0 Å². The summed E-state index contributed by atoms with van der Waals surface area (Å²) in [7, 11) is -4.37. The molecule has 33 heavy (non-hydrogen) atoms. The molecule has 0 saturated carbocycles. The molecule has 2 aromatic heterocycles. The molecule has 0 spiro atoms. The zero-order valence-corrected chi connectivity index (χ0v) is 19.8. The second-order valence-electron chi connectivity index (χ2n) is 6.99. The number of benzene rings is 2. The summed E-state index contributed by atoms with van der Waals surface area (Å²) in [6.07, 6.45) is 1.54. The van der Waals surface area contributed by atoms with E-state index in [1.807, 2.05) is 0 Å². The number of anilines is 1. The van der Waals surface area contributed by atoms with Gasteiger partial charge < -0.3 is 19.0 Å². The van der Waals surface area contributed by atoms with Gasteiger partial charge in [0.25, 0.3) is 5.91 Å². The highest BCUT2D eigenvalue weighted by molar-refractivity contribution is 7.60. The number of thiazole rings is 1. The number of aryl methyl sites for hydroxylation is 2. The van der Waals surface area contributed by atoms with Crippen molar-refractivity contribution in [1.29, 1.82) is 0 Å². The molecule has 0 radical (unpaired) electrons. The highest BCUT2D eigenvalue weighted by Crippen LogP contribution is 2.36. The number of carbonyl (C=O) groups is 1. The minimum Gasteiger partial charge on any atom is -0.457 e. The van der Waals surface area contributed by atoms with Crippen molar-refractivity contribution in [2.45, 2.75) is 13.8 Å². The molecule has 12 heteroatoms. The van der Waals surface area contributed by atoms with E-state index in [4.69, 9.17) is 21.0 Å². The van der Waals surface area contributed by atoms with Crippen LogP contribution in [0.2, 0.25) is 0 Å². The Kier molecular flexibility index (Phi) is 6.38. The SMILES string of the molecule is Cc1noc(C)c1-c1cc(Oc2ccc(P(=O)(O)O)cc2)cc(C(=O)N(Cl)c2nccs2)c1. The summed E-state index contributed by atoms with van der Waals surface area (Å²) in [5.74, 6) is 0.687. The van der Waals surface area contributed by atoms with E-state index in [0.717, 1.165) is 4.42 Å². The number of aromatic nitrogens is 2. The first-order valence-electron chi connectivity index (χ1n) is 9.45. The third-order valence-electron chi connectivity index (χ3n) is 4.65. The molecule has 0 saturated heterocycles. The Morgan fingerprint density at radius 1 is 1.15 bits per heavy atom. The highest BCUT2D eigenvalue weighted by atomic mass is 35.5. The fourth-order valence-electron chi connectivity index (χ4n) is 3.18. The van der Waals surface area contributed by atoms with Crippen molar-refractivity contribution in [2.24, 2.45) is 0 Å². The second kappa shape index (κ2) is 9.09. The van der Waals surface area contributed by atoms with Crippen LogP contribution in [-0.4, -0.2) is 25.8 Å². The number of ether oxygens (including phenoxy) is 1. The number of carbonyl (C=O) groups excluding carboxylic acids is 1. The van der Waals surface area contributed by atoms with E-state index in [-0.39, 0.29) is 10.9 Å². The molecule has 4 rings (SSSR count). The monoisotopic (exact) mass is 505 g/mol. The van der Waals surface area contributed by atoms with Gasteiger partial charge in [-0.2, -0.15) is 4.42 Å². The number of hydrogen-bond acceptors (Lipinski definition) is 7. The van der Waals surface area contributed by atoms with E-state index in [9.17, 15) is 19.1 Å². The quantitative estimate of drug-likeness (QED) is 0.282. The molecule has 2 heterocycles. The average molecular weight is 506 g/mol. The molecule has 0 aliphatic carbocycles. The number of nitrogens with zero attached hydrogens (tertiary/aromatic N) is 3. The Labute approximate surface area is 197 Å². The van der Waals surface area contributed by atoms with E-state index in [1.54, 1.807) is 37.6 Å². The molecule has 2 aromatic carbocycles. The molecule has 1 amide bonds. The average Bonchev–Trinajstić information content (AvgIpc) is 3.42. The molecule has 0 aliphatic rings. The van der Waals surface area contributed by atoms with Crippen molar-refractivity contribution in [2.75, 3.05) is 4.42 Å². The van der Waals surface area contributed by atoms with Gasteiger partial charge in [-0.05, 0) is 61.9 Å². The van der Waals surface area contributed by atoms with Crippen LogP contribution in [-0.2, 0) is 4.57 Å². The van der Waals surface area contributed by atoms with Crippen LogP contribution in [0.4, 0.5) is 5.13 Å². The van der Waals surface area contributed by atoms with Gasteiger partial charge in [-0.1, -0.05) is 5.16 Å². The summed E-state index contributed by atoms with van der Waals surface area (Å²) in [6, 6.07) is 10.3. The molecule has 170 valence electrons. The van der Waals surface area contributed by atoms with Crippen LogP contribution in [0.5, 0.6) is 11.5 Å². The van der Waals surface area contributed by atoms with Crippen LogP contribution < -0.4 is 14.5 Å². The maximum Gasteiger partial charge on any atom is 0.356 e. The third kappa shape index (κ3) is 5.00. The van der Waals surface area contributed by atoms with Crippen molar-refractivity contribution >= 4 is 47.1 Å². The summed E-state index contributed by atoms with van der Waals surface area (Å²) >= 11 is 7.44. The summed E-state index contributed by atoms with van der Waals surface area (Å²) in [5, 5.41) is 5.86. The Morgan fingerprint density at radius 2 is 1.88 bits per heavy atom.